The highest BCUT2D eigenvalue weighted by molar-refractivity contribution is 14.1. The van der Waals surface area contributed by atoms with Gasteiger partial charge in [-0.15, -0.1) is 0 Å². The van der Waals surface area contributed by atoms with E-state index in [1.165, 1.54) is 6.07 Å². The molecule has 0 bridgehead atoms. The Morgan fingerprint density at radius 1 is 1.33 bits per heavy atom. The van der Waals surface area contributed by atoms with E-state index in [0.29, 0.717) is 18.5 Å². The monoisotopic (exact) mass is 520 g/mol. The molecule has 0 spiro atoms. The molecule has 0 aliphatic heterocycles. The lowest BCUT2D eigenvalue weighted by molar-refractivity contribution is 0.600. The number of halogens is 3. The Hall–Kier alpha value is -1.59. The van der Waals surface area contributed by atoms with Crippen molar-refractivity contribution in [2.24, 2.45) is 0 Å². The first-order chi connectivity index (χ1) is 12.8. The van der Waals surface area contributed by atoms with Gasteiger partial charge in [0.2, 0.25) is 10.0 Å². The smallest absolute Gasteiger partial charge is 0.235 e. The number of fused-ring (bicyclic) bond motifs is 1. The molecule has 2 heterocycles. The molecule has 6 nitrogen and oxygen atoms in total. The molecule has 1 aliphatic carbocycles. The number of anilines is 3. The summed E-state index contributed by atoms with van der Waals surface area (Å²) >= 11 is 8.53. The maximum absolute atomic E-state index is 14.3. The summed E-state index contributed by atoms with van der Waals surface area (Å²) in [6.45, 7) is 1.83. The standard InChI is InChI=1S/C17H15ClFIN4O2S/c1-9-7-21-17-15(18)16(22-13-5-2-10(20)6-12(13)19)14(8-24(9)17)23-27(25,26)11-3-4-11/h2,5-8,11,22-23H,3-4H2,1H3. The van der Waals surface area contributed by atoms with Crippen LogP contribution in [0.2, 0.25) is 5.02 Å². The molecule has 142 valence electrons. The van der Waals surface area contributed by atoms with Crippen LogP contribution in [0.25, 0.3) is 5.65 Å². The molecule has 0 saturated heterocycles. The van der Waals surface area contributed by atoms with E-state index in [1.54, 1.807) is 28.9 Å². The summed E-state index contributed by atoms with van der Waals surface area (Å²) < 4.78 is 44.3. The fourth-order valence-corrected chi connectivity index (χ4v) is 4.86. The molecule has 0 unspecified atom stereocenters. The van der Waals surface area contributed by atoms with Crippen LogP contribution in [0.1, 0.15) is 18.5 Å². The minimum absolute atomic E-state index is 0.191. The molecule has 0 radical (unpaired) electrons. The van der Waals surface area contributed by atoms with E-state index in [9.17, 15) is 12.8 Å². The number of aryl methyl sites for hydroxylation is 1. The fourth-order valence-electron chi connectivity index (χ4n) is 2.74. The number of imidazole rings is 1. The Bertz CT molecular complexity index is 1160. The second-order valence-corrected chi connectivity index (χ2v) is 10.0. The molecule has 0 amide bonds. The first-order valence-corrected chi connectivity index (χ1v) is 11.2. The summed E-state index contributed by atoms with van der Waals surface area (Å²) in [4.78, 5) is 4.26. The van der Waals surface area contributed by atoms with Crippen molar-refractivity contribution in [3.63, 3.8) is 0 Å². The van der Waals surface area contributed by atoms with Crippen molar-refractivity contribution in [3.8, 4) is 0 Å². The number of nitrogens with one attached hydrogen (secondary N) is 2. The van der Waals surface area contributed by atoms with Gasteiger partial charge in [-0.25, -0.2) is 17.8 Å². The van der Waals surface area contributed by atoms with E-state index in [0.717, 1.165) is 9.26 Å². The quantitative estimate of drug-likeness (QED) is 0.479. The van der Waals surface area contributed by atoms with Gasteiger partial charge in [0.15, 0.2) is 5.65 Å². The van der Waals surface area contributed by atoms with Crippen LogP contribution in [-0.4, -0.2) is 23.1 Å². The van der Waals surface area contributed by atoms with Gasteiger partial charge in [0.25, 0.3) is 0 Å². The van der Waals surface area contributed by atoms with Gasteiger partial charge in [0.05, 0.1) is 22.3 Å². The molecule has 1 aliphatic rings. The summed E-state index contributed by atoms with van der Waals surface area (Å²) in [6.07, 6.45) is 4.50. The van der Waals surface area contributed by atoms with E-state index < -0.39 is 21.1 Å². The predicted octanol–water partition coefficient (Wildman–Crippen LogP) is 4.69. The minimum Gasteiger partial charge on any atom is -0.350 e. The number of hydrogen-bond acceptors (Lipinski definition) is 4. The van der Waals surface area contributed by atoms with E-state index in [1.807, 2.05) is 29.5 Å². The largest absolute Gasteiger partial charge is 0.350 e. The molecular weight excluding hydrogens is 506 g/mol. The number of aromatic nitrogens is 2. The Morgan fingerprint density at radius 2 is 2.07 bits per heavy atom. The van der Waals surface area contributed by atoms with Crippen molar-refractivity contribution in [2.75, 3.05) is 10.0 Å². The lowest BCUT2D eigenvalue weighted by Gasteiger charge is -2.17. The van der Waals surface area contributed by atoms with E-state index in [-0.39, 0.29) is 22.1 Å². The Kier molecular flexibility index (Phi) is 4.71. The summed E-state index contributed by atoms with van der Waals surface area (Å²) in [6, 6.07) is 4.70. The minimum atomic E-state index is -3.53. The summed E-state index contributed by atoms with van der Waals surface area (Å²) in [5, 5.41) is 2.73. The third-order valence-corrected chi connectivity index (χ3v) is 7.21. The molecule has 27 heavy (non-hydrogen) atoms. The van der Waals surface area contributed by atoms with Crippen LogP contribution in [0.15, 0.2) is 30.6 Å². The molecule has 1 aromatic carbocycles. The maximum atomic E-state index is 14.3. The van der Waals surface area contributed by atoms with Crippen molar-refractivity contribution in [1.82, 2.24) is 9.38 Å². The van der Waals surface area contributed by atoms with Gasteiger partial charge in [-0.05, 0) is 60.6 Å². The molecule has 2 aromatic heterocycles. The summed E-state index contributed by atoms with van der Waals surface area (Å²) in [7, 11) is -3.53. The van der Waals surface area contributed by atoms with Crippen molar-refractivity contribution < 1.29 is 12.8 Å². The van der Waals surface area contributed by atoms with Gasteiger partial charge in [0, 0.05) is 21.7 Å². The first kappa shape index (κ1) is 18.8. The van der Waals surface area contributed by atoms with Gasteiger partial charge in [-0.1, -0.05) is 11.6 Å². The molecule has 2 N–H and O–H groups in total. The van der Waals surface area contributed by atoms with Gasteiger partial charge < -0.3 is 9.72 Å². The highest BCUT2D eigenvalue weighted by atomic mass is 127. The first-order valence-electron chi connectivity index (χ1n) is 8.16. The predicted molar refractivity (Wildman–Crippen MR) is 113 cm³/mol. The van der Waals surface area contributed by atoms with Gasteiger partial charge in [-0.2, -0.15) is 0 Å². The summed E-state index contributed by atoms with van der Waals surface area (Å²) in [5.74, 6) is -0.464. The van der Waals surface area contributed by atoms with E-state index in [4.69, 9.17) is 11.6 Å². The lowest BCUT2D eigenvalue weighted by Crippen LogP contribution is -2.19. The van der Waals surface area contributed by atoms with Crippen molar-refractivity contribution in [1.29, 1.82) is 0 Å². The fraction of sp³-hybridized carbons (Fsp3) is 0.235. The van der Waals surface area contributed by atoms with Gasteiger partial charge in [0.1, 0.15) is 10.8 Å². The molecule has 1 fully saturated rings. The number of benzene rings is 1. The second-order valence-electron chi connectivity index (χ2n) is 6.42. The number of hydrogen-bond donors (Lipinski definition) is 2. The Labute approximate surface area is 174 Å². The van der Waals surface area contributed by atoms with E-state index >= 15 is 0 Å². The van der Waals surface area contributed by atoms with Crippen LogP contribution in [0.4, 0.5) is 21.5 Å². The third kappa shape index (κ3) is 3.59. The van der Waals surface area contributed by atoms with Crippen LogP contribution in [0.3, 0.4) is 0 Å². The highest BCUT2D eigenvalue weighted by Gasteiger charge is 2.36. The number of pyridine rings is 1. The Balaban J connectivity index is 1.85. The maximum Gasteiger partial charge on any atom is 0.235 e. The zero-order valence-electron chi connectivity index (χ0n) is 14.1. The molecule has 4 rings (SSSR count). The molecule has 0 atom stereocenters. The average molecular weight is 521 g/mol. The second kappa shape index (κ2) is 6.78. The SMILES string of the molecule is Cc1cnc2c(Cl)c(Nc3ccc(I)cc3F)c(NS(=O)(=O)C3CC3)cn12. The molecule has 3 aromatic rings. The lowest BCUT2D eigenvalue weighted by atomic mass is 10.2. The number of sulfonamides is 1. The van der Waals surface area contributed by atoms with Crippen LogP contribution in [0.5, 0.6) is 0 Å². The van der Waals surface area contributed by atoms with Gasteiger partial charge >= 0.3 is 0 Å². The average Bonchev–Trinajstić information content (AvgIpc) is 3.39. The summed E-state index contributed by atoms with van der Waals surface area (Å²) in [5.41, 5.74) is 1.96. The van der Waals surface area contributed by atoms with Crippen molar-refractivity contribution in [2.45, 2.75) is 25.0 Å². The molecule has 1 saturated carbocycles. The normalized spacial score (nSPS) is 14.5. The van der Waals surface area contributed by atoms with Crippen LogP contribution >= 0.6 is 34.2 Å². The van der Waals surface area contributed by atoms with E-state index in [2.05, 4.69) is 15.0 Å². The Morgan fingerprint density at radius 3 is 2.74 bits per heavy atom. The molecule has 10 heteroatoms. The number of nitrogens with zero attached hydrogens (tertiary/aromatic N) is 2. The zero-order chi connectivity index (χ0) is 19.3. The van der Waals surface area contributed by atoms with Crippen molar-refractivity contribution >= 4 is 66.9 Å². The van der Waals surface area contributed by atoms with Crippen LogP contribution in [-0.2, 0) is 10.0 Å². The van der Waals surface area contributed by atoms with Crippen LogP contribution in [0, 0.1) is 16.3 Å². The number of rotatable bonds is 5. The highest BCUT2D eigenvalue weighted by Crippen LogP contribution is 2.39. The zero-order valence-corrected chi connectivity index (χ0v) is 17.9. The molecular formula is C17H15ClFIN4O2S. The van der Waals surface area contributed by atoms with Crippen LogP contribution < -0.4 is 10.0 Å². The van der Waals surface area contributed by atoms with Crippen molar-refractivity contribution in [3.05, 3.63) is 50.7 Å². The third-order valence-electron chi connectivity index (χ3n) is 4.33. The van der Waals surface area contributed by atoms with Gasteiger partial charge in [-0.3, -0.25) is 4.72 Å². The topological polar surface area (TPSA) is 75.5 Å².